The Morgan fingerprint density at radius 2 is 1.83 bits per heavy atom. The van der Waals surface area contributed by atoms with Gasteiger partial charge in [-0.25, -0.2) is 4.79 Å². The summed E-state index contributed by atoms with van der Waals surface area (Å²) in [6, 6.07) is 16.1. The Morgan fingerprint density at radius 3 is 2.50 bits per heavy atom. The maximum absolute atomic E-state index is 13.2. The van der Waals surface area contributed by atoms with Crippen molar-refractivity contribution >= 4 is 11.9 Å². The van der Waals surface area contributed by atoms with Gasteiger partial charge in [0.15, 0.2) is 0 Å². The molecule has 0 aliphatic carbocycles. The van der Waals surface area contributed by atoms with Crippen LogP contribution in [0.4, 0.5) is 0 Å². The molecule has 1 heterocycles. The number of nitrogens with zero attached hydrogens (tertiary/aromatic N) is 1. The lowest BCUT2D eigenvalue weighted by Gasteiger charge is -2.44. The molecule has 1 saturated heterocycles. The largest absolute Gasteiger partial charge is 0.492 e. The third-order valence-corrected chi connectivity index (χ3v) is 5.91. The van der Waals surface area contributed by atoms with E-state index in [0.29, 0.717) is 13.2 Å². The third-order valence-electron chi connectivity index (χ3n) is 5.91. The zero-order valence-electron chi connectivity index (χ0n) is 17.6. The van der Waals surface area contributed by atoms with Gasteiger partial charge in [-0.1, -0.05) is 30.3 Å². The number of rotatable bonds is 8. The van der Waals surface area contributed by atoms with Crippen LogP contribution in [0.2, 0.25) is 0 Å². The SMILES string of the molecule is C[C@H](NC(=O)C1(C)CCCCN1CCOc1ccccc1)c1ccc(C(=O)O)cc1. The number of para-hydroxylation sites is 1. The summed E-state index contributed by atoms with van der Waals surface area (Å²) in [4.78, 5) is 26.5. The van der Waals surface area contributed by atoms with Crippen LogP contribution >= 0.6 is 0 Å². The molecule has 1 fully saturated rings. The van der Waals surface area contributed by atoms with Crippen molar-refractivity contribution in [3.63, 3.8) is 0 Å². The minimum atomic E-state index is -0.957. The van der Waals surface area contributed by atoms with E-state index in [-0.39, 0.29) is 17.5 Å². The van der Waals surface area contributed by atoms with Crippen molar-refractivity contribution in [2.45, 2.75) is 44.7 Å². The molecule has 0 radical (unpaired) electrons. The first kappa shape index (κ1) is 21.8. The van der Waals surface area contributed by atoms with E-state index >= 15 is 0 Å². The molecule has 2 aromatic carbocycles. The Morgan fingerprint density at radius 1 is 1.13 bits per heavy atom. The van der Waals surface area contributed by atoms with E-state index in [0.717, 1.165) is 37.1 Å². The lowest BCUT2D eigenvalue weighted by atomic mass is 9.87. The zero-order chi connectivity index (χ0) is 21.6. The Hall–Kier alpha value is -2.86. The standard InChI is InChI=1S/C24H30N2O4/c1-18(19-10-12-20(13-11-19)22(27)28)25-23(29)24(2)14-6-7-15-26(24)16-17-30-21-8-4-3-5-9-21/h3-5,8-13,18H,6-7,14-17H2,1-2H3,(H,25,29)(H,27,28)/t18-,24?/m0/s1. The number of ether oxygens (including phenoxy) is 1. The predicted molar refractivity (Wildman–Crippen MR) is 116 cm³/mol. The molecule has 6 heteroatoms. The Labute approximate surface area is 177 Å². The maximum atomic E-state index is 13.2. The molecular weight excluding hydrogens is 380 g/mol. The van der Waals surface area contributed by atoms with E-state index in [1.54, 1.807) is 24.3 Å². The summed E-state index contributed by atoms with van der Waals surface area (Å²) >= 11 is 0. The number of aromatic carboxylic acids is 1. The summed E-state index contributed by atoms with van der Waals surface area (Å²) in [5.41, 5.74) is 0.529. The maximum Gasteiger partial charge on any atom is 0.335 e. The van der Waals surface area contributed by atoms with Gasteiger partial charge in [-0.15, -0.1) is 0 Å². The average molecular weight is 411 g/mol. The number of hydrogen-bond acceptors (Lipinski definition) is 4. The minimum absolute atomic E-state index is 0.00303. The molecule has 3 rings (SSSR count). The van der Waals surface area contributed by atoms with Crippen LogP contribution in [0.1, 0.15) is 55.1 Å². The normalized spacial score (nSPS) is 20.3. The van der Waals surface area contributed by atoms with Gasteiger partial charge in [-0.2, -0.15) is 0 Å². The Balaban J connectivity index is 1.61. The smallest absolute Gasteiger partial charge is 0.335 e. The molecular formula is C24H30N2O4. The number of carboxylic acids is 1. The number of hydrogen-bond donors (Lipinski definition) is 2. The van der Waals surface area contributed by atoms with Crippen LogP contribution in [0.5, 0.6) is 5.75 Å². The first-order chi connectivity index (χ1) is 14.4. The molecule has 0 aromatic heterocycles. The van der Waals surface area contributed by atoms with Crippen LogP contribution in [0.25, 0.3) is 0 Å². The molecule has 2 atom stereocenters. The molecule has 0 spiro atoms. The number of nitrogens with one attached hydrogen (secondary N) is 1. The van der Waals surface area contributed by atoms with Gasteiger partial charge in [-0.05, 0) is 69.5 Å². The first-order valence-corrected chi connectivity index (χ1v) is 10.5. The summed E-state index contributed by atoms with van der Waals surface area (Å²) in [5, 5.41) is 12.2. The van der Waals surface area contributed by atoms with Gasteiger partial charge < -0.3 is 15.2 Å². The van der Waals surface area contributed by atoms with Gasteiger partial charge in [0.2, 0.25) is 5.91 Å². The Bertz CT molecular complexity index is 853. The summed E-state index contributed by atoms with van der Waals surface area (Å²) in [6.07, 6.45) is 2.89. The van der Waals surface area contributed by atoms with Crippen LogP contribution < -0.4 is 10.1 Å². The lowest BCUT2D eigenvalue weighted by molar-refractivity contribution is -0.136. The second-order valence-corrected chi connectivity index (χ2v) is 8.00. The van der Waals surface area contributed by atoms with Gasteiger partial charge in [-0.3, -0.25) is 9.69 Å². The number of amides is 1. The highest BCUT2D eigenvalue weighted by molar-refractivity contribution is 5.88. The van der Waals surface area contributed by atoms with Crippen LogP contribution in [0.3, 0.4) is 0 Å². The highest BCUT2D eigenvalue weighted by Crippen LogP contribution is 2.29. The predicted octanol–water partition coefficient (Wildman–Crippen LogP) is 3.89. The van der Waals surface area contributed by atoms with E-state index < -0.39 is 11.5 Å². The first-order valence-electron chi connectivity index (χ1n) is 10.5. The Kier molecular flexibility index (Phi) is 7.11. The van der Waals surface area contributed by atoms with E-state index in [2.05, 4.69) is 10.2 Å². The van der Waals surface area contributed by atoms with Gasteiger partial charge in [0.05, 0.1) is 17.1 Å². The van der Waals surface area contributed by atoms with Crippen LogP contribution in [0, 0.1) is 0 Å². The third kappa shape index (κ3) is 5.19. The number of carbonyl (C=O) groups excluding carboxylic acids is 1. The van der Waals surface area contributed by atoms with E-state index in [1.165, 1.54) is 0 Å². The van der Waals surface area contributed by atoms with Crippen molar-refractivity contribution in [3.05, 3.63) is 65.7 Å². The molecule has 0 saturated carbocycles. The number of likely N-dealkylation sites (tertiary alicyclic amines) is 1. The van der Waals surface area contributed by atoms with Gasteiger partial charge in [0, 0.05) is 6.54 Å². The molecule has 0 bridgehead atoms. The van der Waals surface area contributed by atoms with Crippen LogP contribution in [-0.4, -0.2) is 47.1 Å². The highest BCUT2D eigenvalue weighted by atomic mass is 16.5. The fourth-order valence-corrected chi connectivity index (χ4v) is 3.93. The molecule has 1 aliphatic rings. The molecule has 6 nitrogen and oxygen atoms in total. The molecule has 2 aromatic rings. The van der Waals surface area contributed by atoms with Crippen molar-refractivity contribution in [2.24, 2.45) is 0 Å². The molecule has 160 valence electrons. The summed E-state index contributed by atoms with van der Waals surface area (Å²) < 4.78 is 5.84. The average Bonchev–Trinajstić information content (AvgIpc) is 2.76. The highest BCUT2D eigenvalue weighted by Gasteiger charge is 2.41. The van der Waals surface area contributed by atoms with E-state index in [9.17, 15) is 9.59 Å². The monoisotopic (exact) mass is 410 g/mol. The van der Waals surface area contributed by atoms with E-state index in [4.69, 9.17) is 9.84 Å². The van der Waals surface area contributed by atoms with Gasteiger partial charge >= 0.3 is 5.97 Å². The van der Waals surface area contributed by atoms with Crippen molar-refractivity contribution < 1.29 is 19.4 Å². The number of carboxylic acid groups (broad SMARTS) is 1. The summed E-state index contributed by atoms with van der Waals surface area (Å²) in [7, 11) is 0. The van der Waals surface area contributed by atoms with Crippen LogP contribution in [-0.2, 0) is 4.79 Å². The lowest BCUT2D eigenvalue weighted by Crippen LogP contribution is -2.60. The molecule has 1 amide bonds. The topological polar surface area (TPSA) is 78.9 Å². The molecule has 1 unspecified atom stereocenters. The van der Waals surface area contributed by atoms with Crippen molar-refractivity contribution in [1.82, 2.24) is 10.2 Å². The molecule has 2 N–H and O–H groups in total. The fourth-order valence-electron chi connectivity index (χ4n) is 3.93. The van der Waals surface area contributed by atoms with Gasteiger partial charge in [0.1, 0.15) is 12.4 Å². The second-order valence-electron chi connectivity index (χ2n) is 8.00. The number of piperidine rings is 1. The van der Waals surface area contributed by atoms with Crippen LogP contribution in [0.15, 0.2) is 54.6 Å². The summed E-state index contributed by atoms with van der Waals surface area (Å²) in [6.45, 7) is 6.00. The molecule has 1 aliphatic heterocycles. The second kappa shape index (κ2) is 9.76. The number of benzene rings is 2. The van der Waals surface area contributed by atoms with Gasteiger partial charge in [0.25, 0.3) is 0 Å². The fraction of sp³-hybridized carbons (Fsp3) is 0.417. The minimum Gasteiger partial charge on any atom is -0.492 e. The quantitative estimate of drug-likeness (QED) is 0.690. The summed E-state index contributed by atoms with van der Waals surface area (Å²) in [5.74, 6) is -0.128. The number of carbonyl (C=O) groups is 2. The van der Waals surface area contributed by atoms with E-state index in [1.807, 2.05) is 44.2 Å². The molecule has 30 heavy (non-hydrogen) atoms. The van der Waals surface area contributed by atoms with Crippen molar-refractivity contribution in [2.75, 3.05) is 19.7 Å². The van der Waals surface area contributed by atoms with Crippen molar-refractivity contribution in [3.8, 4) is 5.75 Å². The van der Waals surface area contributed by atoms with Crippen molar-refractivity contribution in [1.29, 1.82) is 0 Å². The zero-order valence-corrected chi connectivity index (χ0v) is 17.6.